The van der Waals surface area contributed by atoms with Crippen LogP contribution in [0.15, 0.2) is 54.6 Å². The van der Waals surface area contributed by atoms with Gasteiger partial charge < -0.3 is 9.84 Å². The molecule has 0 aromatic heterocycles. The number of halogens is 1. The van der Waals surface area contributed by atoms with Crippen molar-refractivity contribution in [3.05, 3.63) is 65.7 Å². The average molecular weight is 360 g/mol. The fourth-order valence-electron chi connectivity index (χ4n) is 3.64. The molecule has 0 amide bonds. The van der Waals surface area contributed by atoms with Gasteiger partial charge in [0.25, 0.3) is 0 Å². The third-order valence-electron chi connectivity index (χ3n) is 5.07. The Kier molecular flexibility index (Phi) is 5.38. The van der Waals surface area contributed by atoms with Gasteiger partial charge >= 0.3 is 0 Å². The summed E-state index contributed by atoms with van der Waals surface area (Å²) in [5.41, 5.74) is 1.92. The first-order chi connectivity index (χ1) is 11.9. The first-order valence-electron chi connectivity index (χ1n) is 8.87. The Morgan fingerprint density at radius 2 is 1.76 bits per heavy atom. The van der Waals surface area contributed by atoms with E-state index in [9.17, 15) is 5.11 Å². The highest BCUT2D eigenvalue weighted by atomic mass is 35.5. The van der Waals surface area contributed by atoms with Gasteiger partial charge in [-0.2, -0.15) is 0 Å². The van der Waals surface area contributed by atoms with E-state index in [0.29, 0.717) is 13.0 Å². The maximum Gasteiger partial charge on any atom is 0.167 e. The van der Waals surface area contributed by atoms with E-state index in [2.05, 4.69) is 37.3 Å². The zero-order chi connectivity index (χ0) is 17.9. The summed E-state index contributed by atoms with van der Waals surface area (Å²) in [5, 5.41) is 9.04. The fourth-order valence-corrected chi connectivity index (χ4v) is 4.03. The zero-order valence-corrected chi connectivity index (χ0v) is 15.7. The van der Waals surface area contributed by atoms with Crippen LogP contribution < -0.4 is 4.74 Å². The van der Waals surface area contributed by atoms with Crippen molar-refractivity contribution in [1.29, 1.82) is 0 Å². The van der Waals surface area contributed by atoms with Crippen molar-refractivity contribution in [2.75, 3.05) is 13.6 Å². The summed E-state index contributed by atoms with van der Waals surface area (Å²) in [4.78, 5) is 2.02. The molecule has 0 aliphatic carbocycles. The molecule has 0 bridgehead atoms. The second-order valence-electron chi connectivity index (χ2n) is 6.95. The average Bonchev–Trinajstić information content (AvgIpc) is 2.83. The highest BCUT2D eigenvalue weighted by Crippen LogP contribution is 2.41. The van der Waals surface area contributed by atoms with E-state index in [0.717, 1.165) is 25.0 Å². The molecular weight excluding hydrogens is 334 g/mol. The summed E-state index contributed by atoms with van der Waals surface area (Å²) in [7, 11) is 1.95. The summed E-state index contributed by atoms with van der Waals surface area (Å²) in [6.07, 6.45) is 3.03. The van der Waals surface area contributed by atoms with Crippen molar-refractivity contribution in [3.63, 3.8) is 0 Å². The van der Waals surface area contributed by atoms with Crippen LogP contribution in [0.5, 0.6) is 5.75 Å². The summed E-state index contributed by atoms with van der Waals surface area (Å²) in [5.74, 6) is 0.876. The fraction of sp³-hybridized carbons (Fsp3) is 0.429. The van der Waals surface area contributed by atoms with E-state index >= 15 is 0 Å². The Balaban J connectivity index is 1.78. The number of likely N-dealkylation sites (tertiary alicyclic amines) is 1. The second-order valence-corrected chi connectivity index (χ2v) is 7.65. The van der Waals surface area contributed by atoms with Crippen LogP contribution in [0, 0.1) is 0 Å². The molecule has 4 heteroatoms. The lowest BCUT2D eigenvalue weighted by molar-refractivity contribution is -0.0479. The van der Waals surface area contributed by atoms with Crippen LogP contribution in [0.2, 0.25) is 0 Å². The molecular formula is C21H26ClNO2. The predicted molar refractivity (Wildman–Crippen MR) is 102 cm³/mol. The first-order valence-corrected chi connectivity index (χ1v) is 9.25. The van der Waals surface area contributed by atoms with Gasteiger partial charge in [0.2, 0.25) is 0 Å². The van der Waals surface area contributed by atoms with Gasteiger partial charge in [-0.3, -0.25) is 4.90 Å². The van der Waals surface area contributed by atoms with Crippen molar-refractivity contribution in [3.8, 4) is 5.75 Å². The third-order valence-corrected chi connectivity index (χ3v) is 5.33. The first kappa shape index (κ1) is 18.2. The number of β-amino-alcohol motifs (C(OH)–C–C–N with tert-alkyl or cyclic N) is 1. The molecule has 134 valence electrons. The SMILES string of the molecule is CCC1(Oc2ccccc2CCc2ccccc2)CC(O)(Cl)CN1C. The van der Waals surface area contributed by atoms with E-state index < -0.39 is 10.8 Å². The van der Waals surface area contributed by atoms with Gasteiger partial charge in [0, 0.05) is 13.0 Å². The molecule has 1 fully saturated rings. The lowest BCUT2D eigenvalue weighted by Gasteiger charge is -2.36. The number of likely N-dealkylation sites (N-methyl/N-ethyl adjacent to an activating group) is 1. The topological polar surface area (TPSA) is 32.7 Å². The smallest absolute Gasteiger partial charge is 0.167 e. The number of ether oxygens (including phenoxy) is 1. The Hall–Kier alpha value is -1.55. The molecule has 0 saturated carbocycles. The number of para-hydroxylation sites is 1. The zero-order valence-electron chi connectivity index (χ0n) is 14.9. The van der Waals surface area contributed by atoms with Crippen molar-refractivity contribution in [1.82, 2.24) is 4.90 Å². The molecule has 2 atom stereocenters. The minimum absolute atomic E-state index is 0.390. The third kappa shape index (κ3) is 4.17. The second kappa shape index (κ2) is 7.36. The van der Waals surface area contributed by atoms with Crippen LogP contribution >= 0.6 is 11.6 Å². The van der Waals surface area contributed by atoms with Gasteiger partial charge in [0.1, 0.15) is 5.75 Å². The van der Waals surface area contributed by atoms with Crippen molar-refractivity contribution in [2.24, 2.45) is 0 Å². The number of nitrogens with zero attached hydrogens (tertiary/aromatic N) is 1. The minimum Gasteiger partial charge on any atom is -0.472 e. The number of alkyl halides is 1. The predicted octanol–water partition coefficient (Wildman–Crippen LogP) is 4.22. The molecule has 3 rings (SSSR count). The maximum atomic E-state index is 10.3. The Morgan fingerprint density at radius 3 is 2.40 bits per heavy atom. The van der Waals surface area contributed by atoms with E-state index in [1.807, 2.05) is 36.2 Å². The lowest BCUT2D eigenvalue weighted by atomic mass is 10.0. The van der Waals surface area contributed by atoms with E-state index in [1.165, 1.54) is 11.1 Å². The normalized spacial score (nSPS) is 26.7. The molecule has 2 aromatic carbocycles. The van der Waals surface area contributed by atoms with Crippen LogP contribution in [0.3, 0.4) is 0 Å². The molecule has 1 aliphatic rings. The van der Waals surface area contributed by atoms with E-state index in [4.69, 9.17) is 16.3 Å². The number of rotatable bonds is 6. The number of benzene rings is 2. The van der Waals surface area contributed by atoms with Crippen molar-refractivity contribution >= 4 is 11.6 Å². The van der Waals surface area contributed by atoms with Crippen molar-refractivity contribution < 1.29 is 9.84 Å². The van der Waals surface area contributed by atoms with Crippen LogP contribution in [-0.4, -0.2) is 34.4 Å². The molecule has 3 nitrogen and oxygen atoms in total. The van der Waals surface area contributed by atoms with E-state index in [-0.39, 0.29) is 0 Å². The largest absolute Gasteiger partial charge is 0.472 e. The van der Waals surface area contributed by atoms with Crippen molar-refractivity contribution in [2.45, 2.75) is 43.4 Å². The molecule has 25 heavy (non-hydrogen) atoms. The number of hydrogen-bond donors (Lipinski definition) is 1. The molecule has 1 N–H and O–H groups in total. The van der Waals surface area contributed by atoms with Crippen LogP contribution in [0.4, 0.5) is 0 Å². The Labute approximate surface area is 155 Å². The minimum atomic E-state index is -1.23. The highest BCUT2D eigenvalue weighted by molar-refractivity contribution is 6.23. The quantitative estimate of drug-likeness (QED) is 0.784. The summed E-state index contributed by atoms with van der Waals surface area (Å²) < 4.78 is 6.46. The summed E-state index contributed by atoms with van der Waals surface area (Å²) in [6, 6.07) is 18.6. The highest BCUT2D eigenvalue weighted by Gasteiger charge is 2.51. The van der Waals surface area contributed by atoms with Gasteiger partial charge in [-0.05, 0) is 43.5 Å². The Bertz CT molecular complexity index is 704. The van der Waals surface area contributed by atoms with Gasteiger partial charge in [-0.1, -0.05) is 67.1 Å². The van der Waals surface area contributed by atoms with Crippen LogP contribution in [0.1, 0.15) is 30.9 Å². The van der Waals surface area contributed by atoms with Gasteiger partial charge in [0.15, 0.2) is 10.8 Å². The number of aryl methyl sites for hydroxylation is 2. The van der Waals surface area contributed by atoms with Gasteiger partial charge in [-0.25, -0.2) is 0 Å². The maximum absolute atomic E-state index is 10.3. The molecule has 1 heterocycles. The summed E-state index contributed by atoms with van der Waals surface area (Å²) in [6.45, 7) is 2.47. The lowest BCUT2D eigenvalue weighted by Crippen LogP contribution is -2.46. The summed E-state index contributed by atoms with van der Waals surface area (Å²) >= 11 is 6.21. The monoisotopic (exact) mass is 359 g/mol. The molecule has 2 unspecified atom stereocenters. The van der Waals surface area contributed by atoms with Crippen LogP contribution in [-0.2, 0) is 12.8 Å². The standard InChI is InChI=1S/C21H26ClNO2/c1-3-21(15-20(22,24)16-23(21)2)25-19-12-8-7-11-18(19)14-13-17-9-5-4-6-10-17/h4-12,24H,3,13-16H2,1-2H3. The van der Waals surface area contributed by atoms with Gasteiger partial charge in [0.05, 0.1) is 0 Å². The molecule has 1 aliphatic heterocycles. The van der Waals surface area contributed by atoms with E-state index in [1.54, 1.807) is 0 Å². The molecule has 0 radical (unpaired) electrons. The number of aliphatic hydroxyl groups is 1. The Morgan fingerprint density at radius 1 is 1.08 bits per heavy atom. The molecule has 1 saturated heterocycles. The van der Waals surface area contributed by atoms with Gasteiger partial charge in [-0.15, -0.1) is 0 Å². The molecule has 0 spiro atoms. The van der Waals surface area contributed by atoms with Crippen LogP contribution in [0.25, 0.3) is 0 Å². The molecule has 2 aromatic rings. The number of hydrogen-bond acceptors (Lipinski definition) is 3.